The lowest BCUT2D eigenvalue weighted by atomic mass is 9.95. The third kappa shape index (κ3) is 4.50. The van der Waals surface area contributed by atoms with Crippen LogP contribution in [-0.4, -0.2) is 71.1 Å². The van der Waals surface area contributed by atoms with Gasteiger partial charge in [0.15, 0.2) is 0 Å². The van der Waals surface area contributed by atoms with E-state index in [1.165, 1.54) is 17.0 Å². The summed E-state index contributed by atoms with van der Waals surface area (Å²) in [5, 5.41) is 21.7. The van der Waals surface area contributed by atoms with E-state index in [9.17, 15) is 19.8 Å². The minimum Gasteiger partial charge on any atom is -0.507 e. The zero-order valence-electron chi connectivity index (χ0n) is 17.5. The number of hydrogen-bond donors (Lipinski definition) is 2. The first-order valence-corrected chi connectivity index (χ1v) is 11.0. The first-order valence-electron chi connectivity index (χ1n) is 10.6. The molecule has 32 heavy (non-hydrogen) atoms. The number of carbonyl (C=O) groups is 2. The second kappa shape index (κ2) is 9.73. The van der Waals surface area contributed by atoms with Gasteiger partial charge in [0.25, 0.3) is 11.7 Å². The molecule has 0 aliphatic carbocycles. The standard InChI is InChI=1S/C24H25ClN2O5/c25-17-8-6-16(7-9-17)21-20(22(29)18-4-1-2-5-19(18)28)23(30)24(31)27(21)11-3-10-26-12-14-32-15-13-26/h1-2,4-9,21,28-29H,3,10-15H2/t21-/m0/s1. The molecule has 0 bridgehead atoms. The van der Waals surface area contributed by atoms with Gasteiger partial charge in [-0.25, -0.2) is 0 Å². The molecule has 168 valence electrons. The second-order valence-electron chi connectivity index (χ2n) is 7.87. The fourth-order valence-corrected chi connectivity index (χ4v) is 4.34. The number of carbonyl (C=O) groups excluding carboxylic acids is 2. The van der Waals surface area contributed by atoms with Crippen molar-refractivity contribution >= 4 is 29.1 Å². The molecule has 0 saturated carbocycles. The minimum absolute atomic E-state index is 0.0369. The Hall–Kier alpha value is -2.87. The Morgan fingerprint density at radius 2 is 1.72 bits per heavy atom. The number of Topliss-reactive ketones (excluding diaryl/α,β-unsaturated/α-hetero) is 1. The van der Waals surface area contributed by atoms with E-state index >= 15 is 0 Å². The van der Waals surface area contributed by atoms with Crippen LogP contribution in [0.5, 0.6) is 5.75 Å². The third-order valence-corrected chi connectivity index (χ3v) is 6.11. The van der Waals surface area contributed by atoms with Crippen LogP contribution >= 0.6 is 11.6 Å². The lowest BCUT2D eigenvalue weighted by molar-refractivity contribution is -0.140. The van der Waals surface area contributed by atoms with Crippen molar-refractivity contribution in [3.8, 4) is 5.75 Å². The number of aliphatic hydroxyl groups is 1. The average molecular weight is 457 g/mol. The highest BCUT2D eigenvalue weighted by atomic mass is 35.5. The molecule has 8 heteroatoms. The lowest BCUT2D eigenvalue weighted by Gasteiger charge is -2.29. The van der Waals surface area contributed by atoms with Crippen LogP contribution in [0.4, 0.5) is 0 Å². The van der Waals surface area contributed by atoms with Crippen LogP contribution in [0, 0.1) is 0 Å². The van der Waals surface area contributed by atoms with Crippen molar-refractivity contribution < 1.29 is 24.5 Å². The van der Waals surface area contributed by atoms with E-state index in [1.807, 2.05) is 0 Å². The van der Waals surface area contributed by atoms with E-state index < -0.39 is 23.5 Å². The maximum absolute atomic E-state index is 13.0. The van der Waals surface area contributed by atoms with Crippen molar-refractivity contribution in [1.29, 1.82) is 0 Å². The number of amides is 1. The monoisotopic (exact) mass is 456 g/mol. The number of phenolic OH excluding ortho intramolecular Hbond substituents is 1. The molecule has 2 saturated heterocycles. The molecule has 1 atom stereocenters. The van der Waals surface area contributed by atoms with Crippen molar-refractivity contribution in [1.82, 2.24) is 9.80 Å². The molecule has 0 unspecified atom stereocenters. The summed E-state index contributed by atoms with van der Waals surface area (Å²) in [7, 11) is 0. The number of phenols is 1. The number of ether oxygens (including phenoxy) is 1. The van der Waals surface area contributed by atoms with Gasteiger partial charge in [0.2, 0.25) is 0 Å². The molecule has 0 radical (unpaired) electrons. The van der Waals surface area contributed by atoms with Crippen LogP contribution in [0.25, 0.3) is 5.76 Å². The van der Waals surface area contributed by atoms with Crippen LogP contribution in [-0.2, 0) is 14.3 Å². The Bertz CT molecular complexity index is 1030. The predicted octanol–water partition coefficient (Wildman–Crippen LogP) is 3.19. The van der Waals surface area contributed by atoms with E-state index in [4.69, 9.17) is 16.3 Å². The molecule has 0 aromatic heterocycles. The highest BCUT2D eigenvalue weighted by Crippen LogP contribution is 2.41. The maximum Gasteiger partial charge on any atom is 0.295 e. The number of hydrogen-bond acceptors (Lipinski definition) is 6. The third-order valence-electron chi connectivity index (χ3n) is 5.86. The van der Waals surface area contributed by atoms with E-state index in [2.05, 4.69) is 4.90 Å². The zero-order chi connectivity index (χ0) is 22.7. The number of para-hydroxylation sites is 1. The average Bonchev–Trinajstić information content (AvgIpc) is 3.05. The van der Waals surface area contributed by atoms with Crippen molar-refractivity contribution in [2.45, 2.75) is 12.5 Å². The van der Waals surface area contributed by atoms with E-state index in [0.717, 1.165) is 19.6 Å². The molecule has 0 spiro atoms. The molecule has 7 nitrogen and oxygen atoms in total. The molecular formula is C24H25ClN2O5. The normalized spacial score (nSPS) is 21.3. The van der Waals surface area contributed by atoms with E-state index in [-0.39, 0.29) is 16.9 Å². The molecule has 2 N–H and O–H groups in total. The topological polar surface area (TPSA) is 90.3 Å². The van der Waals surface area contributed by atoms with Gasteiger partial charge in [-0.05, 0) is 36.2 Å². The Kier molecular flexibility index (Phi) is 6.79. The Labute approximate surface area is 191 Å². The molecular weight excluding hydrogens is 432 g/mol. The molecule has 2 aromatic rings. The van der Waals surface area contributed by atoms with Gasteiger partial charge in [-0.2, -0.15) is 0 Å². The van der Waals surface area contributed by atoms with Gasteiger partial charge in [-0.1, -0.05) is 35.9 Å². The minimum atomic E-state index is -0.767. The van der Waals surface area contributed by atoms with E-state index in [0.29, 0.717) is 36.8 Å². The summed E-state index contributed by atoms with van der Waals surface area (Å²) < 4.78 is 5.37. The Morgan fingerprint density at radius 3 is 2.41 bits per heavy atom. The fraction of sp³-hybridized carbons (Fsp3) is 0.333. The number of rotatable bonds is 6. The van der Waals surface area contributed by atoms with Crippen molar-refractivity contribution in [2.24, 2.45) is 0 Å². The van der Waals surface area contributed by atoms with Crippen LogP contribution in [0.3, 0.4) is 0 Å². The number of aliphatic hydroxyl groups excluding tert-OH is 1. The molecule has 2 aliphatic heterocycles. The van der Waals surface area contributed by atoms with Gasteiger partial charge in [0, 0.05) is 31.2 Å². The van der Waals surface area contributed by atoms with Gasteiger partial charge in [0.1, 0.15) is 11.5 Å². The van der Waals surface area contributed by atoms with Gasteiger partial charge in [0.05, 0.1) is 30.4 Å². The summed E-state index contributed by atoms with van der Waals surface area (Å²) in [5.41, 5.74) is 0.736. The number of nitrogens with zero attached hydrogens (tertiary/aromatic N) is 2. The Morgan fingerprint density at radius 1 is 1.03 bits per heavy atom. The van der Waals surface area contributed by atoms with Crippen molar-refractivity contribution in [2.75, 3.05) is 39.4 Å². The first kappa shape index (κ1) is 22.3. The molecule has 2 aliphatic rings. The summed E-state index contributed by atoms with van der Waals surface area (Å²) >= 11 is 6.04. The van der Waals surface area contributed by atoms with Crippen molar-refractivity contribution in [3.63, 3.8) is 0 Å². The number of likely N-dealkylation sites (tertiary alicyclic amines) is 1. The van der Waals surface area contributed by atoms with Crippen LogP contribution in [0.2, 0.25) is 5.02 Å². The number of morpholine rings is 1. The van der Waals surface area contributed by atoms with Crippen LogP contribution < -0.4 is 0 Å². The van der Waals surface area contributed by atoms with E-state index in [1.54, 1.807) is 36.4 Å². The van der Waals surface area contributed by atoms with Gasteiger partial charge >= 0.3 is 0 Å². The highest BCUT2D eigenvalue weighted by molar-refractivity contribution is 6.46. The first-order chi connectivity index (χ1) is 15.5. The molecule has 2 fully saturated rings. The molecule has 1 amide bonds. The highest BCUT2D eigenvalue weighted by Gasteiger charge is 2.46. The van der Waals surface area contributed by atoms with Crippen LogP contribution in [0.15, 0.2) is 54.1 Å². The number of benzene rings is 2. The Balaban J connectivity index is 1.68. The predicted molar refractivity (Wildman–Crippen MR) is 120 cm³/mol. The van der Waals surface area contributed by atoms with Gasteiger partial charge < -0.3 is 19.8 Å². The molecule has 4 rings (SSSR count). The number of ketones is 1. The molecule has 2 aromatic carbocycles. The summed E-state index contributed by atoms with van der Waals surface area (Å²) in [4.78, 5) is 29.8. The maximum atomic E-state index is 13.0. The largest absolute Gasteiger partial charge is 0.507 e. The number of aromatic hydroxyl groups is 1. The van der Waals surface area contributed by atoms with Gasteiger partial charge in [-0.3, -0.25) is 14.5 Å². The summed E-state index contributed by atoms with van der Waals surface area (Å²) in [6.07, 6.45) is 0.674. The quantitative estimate of drug-likeness (QED) is 0.394. The lowest BCUT2D eigenvalue weighted by Crippen LogP contribution is -2.38. The second-order valence-corrected chi connectivity index (χ2v) is 8.31. The SMILES string of the molecule is O=C1C(=O)N(CCCN2CCOCC2)[C@@H](c2ccc(Cl)cc2)C1=C(O)c1ccccc1O. The smallest absolute Gasteiger partial charge is 0.295 e. The fourth-order valence-electron chi connectivity index (χ4n) is 4.21. The van der Waals surface area contributed by atoms with Crippen molar-refractivity contribution in [3.05, 3.63) is 70.3 Å². The summed E-state index contributed by atoms with van der Waals surface area (Å²) in [6.45, 7) is 4.19. The van der Waals surface area contributed by atoms with Gasteiger partial charge in [-0.15, -0.1) is 0 Å². The summed E-state index contributed by atoms with van der Waals surface area (Å²) in [6, 6.07) is 12.3. The number of halogens is 1. The zero-order valence-corrected chi connectivity index (χ0v) is 18.3. The molecule has 2 heterocycles. The summed E-state index contributed by atoms with van der Waals surface area (Å²) in [5.74, 6) is -1.99. The van der Waals surface area contributed by atoms with Crippen LogP contribution in [0.1, 0.15) is 23.6 Å².